The molecule has 0 aliphatic heterocycles. The first kappa shape index (κ1) is 9.83. The van der Waals surface area contributed by atoms with E-state index < -0.39 is 16.4 Å². The molecule has 0 saturated carbocycles. The van der Waals surface area contributed by atoms with Gasteiger partial charge in [-0.3, -0.25) is 4.18 Å². The van der Waals surface area contributed by atoms with Crippen molar-refractivity contribution in [2.45, 2.75) is 19.4 Å². The number of hydrogen-bond donors (Lipinski definition) is 2. The number of aliphatic hydroxyl groups is 1. The van der Waals surface area contributed by atoms with Gasteiger partial charge < -0.3 is 5.11 Å². The first-order chi connectivity index (χ1) is 4.45. The van der Waals surface area contributed by atoms with Gasteiger partial charge in [-0.1, -0.05) is 6.92 Å². The Morgan fingerprint density at radius 2 is 2.20 bits per heavy atom. The molecule has 1 unspecified atom stereocenters. The molecular formula is C4H11NO4S. The molecule has 10 heavy (non-hydrogen) atoms. The van der Waals surface area contributed by atoms with Crippen molar-refractivity contribution in [1.29, 1.82) is 0 Å². The highest BCUT2D eigenvalue weighted by Crippen LogP contribution is 1.92. The van der Waals surface area contributed by atoms with Gasteiger partial charge in [-0.2, -0.15) is 8.42 Å². The van der Waals surface area contributed by atoms with Crippen LogP contribution in [-0.2, 0) is 14.5 Å². The maximum Gasteiger partial charge on any atom is 0.333 e. The average Bonchev–Trinajstić information content (AvgIpc) is 1.81. The summed E-state index contributed by atoms with van der Waals surface area (Å²) in [5.74, 6) is 0. The Morgan fingerprint density at radius 3 is 2.50 bits per heavy atom. The fraction of sp³-hybridized carbons (Fsp3) is 1.00. The number of nitrogens with two attached hydrogens (primary N) is 1. The number of rotatable bonds is 4. The van der Waals surface area contributed by atoms with Crippen molar-refractivity contribution in [2.75, 3.05) is 6.61 Å². The fourth-order valence-electron chi connectivity index (χ4n) is 0.291. The van der Waals surface area contributed by atoms with E-state index in [1.807, 2.05) is 0 Å². The van der Waals surface area contributed by atoms with Crippen LogP contribution in [0.4, 0.5) is 0 Å². The molecule has 0 bridgehead atoms. The maximum absolute atomic E-state index is 10.1. The van der Waals surface area contributed by atoms with E-state index in [0.29, 0.717) is 6.42 Å². The summed E-state index contributed by atoms with van der Waals surface area (Å²) in [5.41, 5.74) is 0. The summed E-state index contributed by atoms with van der Waals surface area (Å²) in [5, 5.41) is 13.3. The maximum atomic E-state index is 10.1. The first-order valence-electron chi connectivity index (χ1n) is 2.81. The standard InChI is InChI=1S/C4H11NO4S/c1-2-4(6)3-9-10(5,7)8/h4,6H,2-3H2,1H3,(H2,5,7,8). The van der Waals surface area contributed by atoms with E-state index in [0.717, 1.165) is 0 Å². The predicted octanol–water partition coefficient (Wildman–Crippen LogP) is -1.02. The van der Waals surface area contributed by atoms with Gasteiger partial charge in [-0.15, -0.1) is 0 Å². The third kappa shape index (κ3) is 5.96. The van der Waals surface area contributed by atoms with Crippen LogP contribution >= 0.6 is 0 Å². The molecule has 0 rings (SSSR count). The lowest BCUT2D eigenvalue weighted by molar-refractivity contribution is 0.107. The van der Waals surface area contributed by atoms with Gasteiger partial charge in [0.05, 0.1) is 12.7 Å². The second-order valence-electron chi connectivity index (χ2n) is 1.84. The van der Waals surface area contributed by atoms with Gasteiger partial charge in [0.15, 0.2) is 0 Å². The molecule has 0 aromatic rings. The van der Waals surface area contributed by atoms with Crippen LogP contribution in [0.2, 0.25) is 0 Å². The molecule has 0 aliphatic carbocycles. The Kier molecular flexibility index (Phi) is 3.80. The monoisotopic (exact) mass is 169 g/mol. The molecule has 0 aliphatic rings. The van der Waals surface area contributed by atoms with Gasteiger partial charge in [0.1, 0.15) is 0 Å². The largest absolute Gasteiger partial charge is 0.391 e. The van der Waals surface area contributed by atoms with Gasteiger partial charge in [0, 0.05) is 0 Å². The van der Waals surface area contributed by atoms with Crippen molar-refractivity contribution in [1.82, 2.24) is 0 Å². The lowest BCUT2D eigenvalue weighted by Gasteiger charge is -2.05. The van der Waals surface area contributed by atoms with Crippen LogP contribution in [0.1, 0.15) is 13.3 Å². The van der Waals surface area contributed by atoms with Crippen molar-refractivity contribution in [3.8, 4) is 0 Å². The summed E-state index contributed by atoms with van der Waals surface area (Å²) in [6, 6.07) is 0. The Balaban J connectivity index is 3.56. The van der Waals surface area contributed by atoms with Crippen molar-refractivity contribution >= 4 is 10.3 Å². The van der Waals surface area contributed by atoms with Gasteiger partial charge in [0.2, 0.25) is 0 Å². The Bertz CT molecular complexity index is 176. The zero-order chi connectivity index (χ0) is 8.20. The molecule has 0 saturated heterocycles. The van der Waals surface area contributed by atoms with Crippen LogP contribution in [-0.4, -0.2) is 26.2 Å². The molecule has 5 nitrogen and oxygen atoms in total. The molecule has 0 heterocycles. The Morgan fingerprint density at radius 1 is 1.70 bits per heavy atom. The quantitative estimate of drug-likeness (QED) is 0.563. The fourth-order valence-corrected chi connectivity index (χ4v) is 0.638. The summed E-state index contributed by atoms with van der Waals surface area (Å²) >= 11 is 0. The molecule has 0 fully saturated rings. The summed E-state index contributed by atoms with van der Waals surface area (Å²) < 4.78 is 24.3. The molecular weight excluding hydrogens is 158 g/mol. The molecule has 6 heteroatoms. The first-order valence-corrected chi connectivity index (χ1v) is 4.28. The smallest absolute Gasteiger partial charge is 0.333 e. The zero-order valence-corrected chi connectivity index (χ0v) is 6.47. The van der Waals surface area contributed by atoms with Crippen LogP contribution in [0, 0.1) is 0 Å². The van der Waals surface area contributed by atoms with Crippen molar-refractivity contribution in [3.05, 3.63) is 0 Å². The predicted molar refractivity (Wildman–Crippen MR) is 35.4 cm³/mol. The second kappa shape index (κ2) is 3.87. The zero-order valence-electron chi connectivity index (χ0n) is 5.65. The van der Waals surface area contributed by atoms with Gasteiger partial charge in [-0.25, -0.2) is 5.14 Å². The third-order valence-electron chi connectivity index (χ3n) is 0.896. The van der Waals surface area contributed by atoms with E-state index in [1.165, 1.54) is 0 Å². The SMILES string of the molecule is CCC(O)COS(N)(=O)=O. The minimum Gasteiger partial charge on any atom is -0.391 e. The summed E-state index contributed by atoms with van der Waals surface area (Å²) in [6.45, 7) is 1.44. The minimum atomic E-state index is -3.89. The molecule has 0 aromatic carbocycles. The summed E-state index contributed by atoms with van der Waals surface area (Å²) in [6.07, 6.45) is -0.325. The van der Waals surface area contributed by atoms with E-state index in [2.05, 4.69) is 9.32 Å². The number of aliphatic hydroxyl groups excluding tert-OH is 1. The van der Waals surface area contributed by atoms with E-state index in [4.69, 9.17) is 5.11 Å². The Hall–Kier alpha value is -0.170. The normalized spacial score (nSPS) is 15.1. The molecule has 0 aromatic heterocycles. The second-order valence-corrected chi connectivity index (χ2v) is 3.06. The molecule has 0 radical (unpaired) electrons. The molecule has 62 valence electrons. The summed E-state index contributed by atoms with van der Waals surface area (Å²) in [7, 11) is -3.89. The lowest BCUT2D eigenvalue weighted by atomic mass is 10.3. The Labute approximate surface area is 60.1 Å². The summed E-state index contributed by atoms with van der Waals surface area (Å²) in [4.78, 5) is 0. The van der Waals surface area contributed by atoms with Crippen LogP contribution in [0.5, 0.6) is 0 Å². The van der Waals surface area contributed by atoms with Crippen molar-refractivity contribution < 1.29 is 17.7 Å². The van der Waals surface area contributed by atoms with E-state index in [9.17, 15) is 8.42 Å². The average molecular weight is 169 g/mol. The molecule has 0 spiro atoms. The van der Waals surface area contributed by atoms with E-state index >= 15 is 0 Å². The highest BCUT2D eigenvalue weighted by atomic mass is 32.2. The van der Waals surface area contributed by atoms with Crippen LogP contribution in [0.3, 0.4) is 0 Å². The highest BCUT2D eigenvalue weighted by molar-refractivity contribution is 7.84. The van der Waals surface area contributed by atoms with Crippen LogP contribution in [0.25, 0.3) is 0 Å². The van der Waals surface area contributed by atoms with Gasteiger partial charge in [-0.05, 0) is 6.42 Å². The van der Waals surface area contributed by atoms with Crippen LogP contribution < -0.4 is 5.14 Å². The van der Waals surface area contributed by atoms with Crippen molar-refractivity contribution in [3.63, 3.8) is 0 Å². The van der Waals surface area contributed by atoms with E-state index in [1.54, 1.807) is 6.92 Å². The third-order valence-corrected chi connectivity index (χ3v) is 1.36. The van der Waals surface area contributed by atoms with Gasteiger partial charge >= 0.3 is 10.3 Å². The highest BCUT2D eigenvalue weighted by Gasteiger charge is 2.06. The topological polar surface area (TPSA) is 89.6 Å². The van der Waals surface area contributed by atoms with Crippen molar-refractivity contribution in [2.24, 2.45) is 5.14 Å². The molecule has 0 amide bonds. The molecule has 1 atom stereocenters. The molecule has 3 N–H and O–H groups in total. The van der Waals surface area contributed by atoms with Gasteiger partial charge in [0.25, 0.3) is 0 Å². The van der Waals surface area contributed by atoms with E-state index in [-0.39, 0.29) is 6.61 Å². The minimum absolute atomic E-state index is 0.269. The lowest BCUT2D eigenvalue weighted by Crippen LogP contribution is -2.22. The van der Waals surface area contributed by atoms with Crippen LogP contribution in [0.15, 0.2) is 0 Å². The number of hydrogen-bond acceptors (Lipinski definition) is 4.